The van der Waals surface area contributed by atoms with Crippen molar-refractivity contribution in [3.05, 3.63) is 47.9 Å². The molecular weight excluding hydrogens is 212 g/mol. The summed E-state index contributed by atoms with van der Waals surface area (Å²) in [6.45, 7) is 3.88. The number of aromatic nitrogens is 2. The highest BCUT2D eigenvalue weighted by molar-refractivity contribution is 5.62. The number of rotatable bonds is 3. The molecule has 2 rings (SSSR count). The summed E-state index contributed by atoms with van der Waals surface area (Å²) >= 11 is 0. The van der Waals surface area contributed by atoms with E-state index in [-0.39, 0.29) is 6.04 Å². The Hall–Kier alpha value is -1.94. The summed E-state index contributed by atoms with van der Waals surface area (Å²) in [7, 11) is 0. The largest absolute Gasteiger partial charge is 0.338 e. The molecule has 17 heavy (non-hydrogen) atoms. The van der Waals surface area contributed by atoms with Gasteiger partial charge in [0.25, 0.3) is 0 Å². The number of aryl methyl sites for hydroxylation is 1. The third-order valence-corrected chi connectivity index (χ3v) is 2.59. The molecule has 1 heterocycles. The molecule has 1 atom stereocenters. The molecule has 88 valence electrons. The third kappa shape index (κ3) is 2.60. The predicted octanol–water partition coefficient (Wildman–Crippen LogP) is 2.55. The summed E-state index contributed by atoms with van der Waals surface area (Å²) < 4.78 is 0. The zero-order valence-electron chi connectivity index (χ0n) is 10.0. The van der Waals surface area contributed by atoms with Crippen LogP contribution >= 0.6 is 0 Å². The number of nitrogens with one attached hydrogen (secondary N) is 1. The number of hydrogen-bond donors (Lipinski definition) is 2. The number of benzene rings is 1. The van der Waals surface area contributed by atoms with E-state index in [9.17, 15) is 0 Å². The van der Waals surface area contributed by atoms with Gasteiger partial charge in [-0.25, -0.2) is 4.98 Å². The number of hydrogen-bond acceptors (Lipinski definition) is 4. The van der Waals surface area contributed by atoms with Crippen LogP contribution in [-0.4, -0.2) is 9.97 Å². The van der Waals surface area contributed by atoms with Crippen molar-refractivity contribution in [2.75, 3.05) is 5.32 Å². The molecule has 0 saturated heterocycles. The molecule has 0 spiro atoms. The van der Waals surface area contributed by atoms with E-state index in [0.29, 0.717) is 0 Å². The number of nitrogens with two attached hydrogens (primary N) is 1. The lowest BCUT2D eigenvalue weighted by Gasteiger charge is -2.14. The number of nitrogens with zero attached hydrogens (tertiary/aromatic N) is 2. The Balaban J connectivity index is 2.34. The minimum atomic E-state index is -0.0179. The maximum atomic E-state index is 5.93. The number of anilines is 2. The van der Waals surface area contributed by atoms with E-state index < -0.39 is 0 Å². The van der Waals surface area contributed by atoms with Crippen molar-refractivity contribution in [3.63, 3.8) is 0 Å². The molecule has 0 bridgehead atoms. The van der Waals surface area contributed by atoms with Crippen molar-refractivity contribution in [1.29, 1.82) is 0 Å². The first-order valence-corrected chi connectivity index (χ1v) is 5.57. The van der Waals surface area contributed by atoms with Crippen LogP contribution in [0.3, 0.4) is 0 Å². The van der Waals surface area contributed by atoms with Crippen LogP contribution in [0.15, 0.2) is 36.7 Å². The second-order valence-electron chi connectivity index (χ2n) is 3.99. The van der Waals surface area contributed by atoms with Crippen LogP contribution in [0.2, 0.25) is 0 Å². The highest BCUT2D eigenvalue weighted by atomic mass is 15.0. The molecular formula is C13H16N4. The Morgan fingerprint density at radius 1 is 1.18 bits per heavy atom. The Kier molecular flexibility index (Phi) is 3.35. The Morgan fingerprint density at radius 2 is 1.88 bits per heavy atom. The molecule has 3 N–H and O–H groups in total. The maximum Gasteiger partial charge on any atom is 0.151 e. The molecule has 4 heteroatoms. The second kappa shape index (κ2) is 4.93. The molecule has 4 nitrogen and oxygen atoms in total. The summed E-state index contributed by atoms with van der Waals surface area (Å²) in [5.41, 5.74) is 8.84. The molecule has 0 aliphatic carbocycles. The highest BCUT2D eigenvalue weighted by Gasteiger charge is 2.07. The van der Waals surface area contributed by atoms with Crippen LogP contribution in [0, 0.1) is 6.92 Å². The van der Waals surface area contributed by atoms with Crippen molar-refractivity contribution in [3.8, 4) is 0 Å². The van der Waals surface area contributed by atoms with E-state index in [4.69, 9.17) is 5.73 Å². The van der Waals surface area contributed by atoms with E-state index in [2.05, 4.69) is 15.3 Å². The Morgan fingerprint density at radius 3 is 2.59 bits per heavy atom. The van der Waals surface area contributed by atoms with Crippen LogP contribution in [0.1, 0.15) is 24.2 Å². The minimum absolute atomic E-state index is 0.0179. The van der Waals surface area contributed by atoms with Crippen molar-refractivity contribution in [1.82, 2.24) is 9.97 Å². The SMILES string of the molecule is Cc1nccnc1Nc1ccccc1C(C)N. The average Bonchev–Trinajstić information content (AvgIpc) is 2.32. The van der Waals surface area contributed by atoms with E-state index in [0.717, 1.165) is 22.8 Å². The van der Waals surface area contributed by atoms with E-state index in [1.807, 2.05) is 38.1 Å². The summed E-state index contributed by atoms with van der Waals surface area (Å²) in [4.78, 5) is 8.45. The van der Waals surface area contributed by atoms with Gasteiger partial charge in [-0.05, 0) is 25.5 Å². The first-order chi connectivity index (χ1) is 8.18. The van der Waals surface area contributed by atoms with Gasteiger partial charge in [-0.1, -0.05) is 18.2 Å². The fourth-order valence-electron chi connectivity index (χ4n) is 1.67. The molecule has 0 radical (unpaired) electrons. The summed E-state index contributed by atoms with van der Waals surface area (Å²) in [5, 5.41) is 3.27. The van der Waals surface area contributed by atoms with Crippen LogP contribution in [-0.2, 0) is 0 Å². The van der Waals surface area contributed by atoms with Gasteiger partial charge in [-0.15, -0.1) is 0 Å². The van der Waals surface area contributed by atoms with E-state index >= 15 is 0 Å². The topological polar surface area (TPSA) is 63.8 Å². The predicted molar refractivity (Wildman–Crippen MR) is 69.1 cm³/mol. The lowest BCUT2D eigenvalue weighted by molar-refractivity contribution is 0.820. The van der Waals surface area contributed by atoms with Crippen molar-refractivity contribution in [2.24, 2.45) is 5.73 Å². The molecule has 1 aromatic carbocycles. The van der Waals surface area contributed by atoms with Crippen molar-refractivity contribution in [2.45, 2.75) is 19.9 Å². The first-order valence-electron chi connectivity index (χ1n) is 5.57. The average molecular weight is 228 g/mol. The van der Waals surface area contributed by atoms with Gasteiger partial charge in [-0.3, -0.25) is 4.98 Å². The van der Waals surface area contributed by atoms with Gasteiger partial charge in [-0.2, -0.15) is 0 Å². The normalized spacial score (nSPS) is 12.2. The zero-order valence-corrected chi connectivity index (χ0v) is 10.0. The van der Waals surface area contributed by atoms with Crippen LogP contribution in [0.25, 0.3) is 0 Å². The lowest BCUT2D eigenvalue weighted by atomic mass is 10.1. The molecule has 2 aromatic rings. The molecule has 0 aliphatic rings. The fourth-order valence-corrected chi connectivity index (χ4v) is 1.67. The summed E-state index contributed by atoms with van der Waals surface area (Å²) in [6.07, 6.45) is 3.35. The molecule has 1 unspecified atom stereocenters. The minimum Gasteiger partial charge on any atom is -0.338 e. The van der Waals surface area contributed by atoms with Crippen LogP contribution in [0.4, 0.5) is 11.5 Å². The van der Waals surface area contributed by atoms with Crippen LogP contribution in [0.5, 0.6) is 0 Å². The number of para-hydroxylation sites is 1. The Bertz CT molecular complexity index is 508. The molecule has 1 aromatic heterocycles. The van der Waals surface area contributed by atoms with Gasteiger partial charge in [0.05, 0.1) is 5.69 Å². The maximum absolute atomic E-state index is 5.93. The first kappa shape index (κ1) is 11.5. The molecule has 0 saturated carbocycles. The van der Waals surface area contributed by atoms with Crippen molar-refractivity contribution < 1.29 is 0 Å². The van der Waals surface area contributed by atoms with Gasteiger partial charge in [0, 0.05) is 24.1 Å². The highest BCUT2D eigenvalue weighted by Crippen LogP contribution is 2.24. The van der Waals surface area contributed by atoms with E-state index in [1.165, 1.54) is 0 Å². The molecule has 0 fully saturated rings. The van der Waals surface area contributed by atoms with Gasteiger partial charge < -0.3 is 11.1 Å². The molecule has 0 amide bonds. The zero-order chi connectivity index (χ0) is 12.3. The standard InChI is InChI=1S/C13H16N4/c1-9(14)11-5-3-4-6-12(11)17-13-10(2)15-7-8-16-13/h3-9H,14H2,1-2H3,(H,16,17). The second-order valence-corrected chi connectivity index (χ2v) is 3.99. The fraction of sp³-hybridized carbons (Fsp3) is 0.231. The Labute approximate surface area is 101 Å². The monoisotopic (exact) mass is 228 g/mol. The van der Waals surface area contributed by atoms with Crippen LogP contribution < -0.4 is 11.1 Å². The summed E-state index contributed by atoms with van der Waals surface area (Å²) in [6, 6.07) is 7.94. The van der Waals surface area contributed by atoms with Crippen molar-refractivity contribution >= 4 is 11.5 Å². The smallest absolute Gasteiger partial charge is 0.151 e. The van der Waals surface area contributed by atoms with E-state index in [1.54, 1.807) is 12.4 Å². The van der Waals surface area contributed by atoms with Gasteiger partial charge in [0.1, 0.15) is 0 Å². The lowest BCUT2D eigenvalue weighted by Crippen LogP contribution is -2.08. The summed E-state index contributed by atoms with van der Waals surface area (Å²) in [5.74, 6) is 0.764. The molecule has 0 aliphatic heterocycles. The quantitative estimate of drug-likeness (QED) is 0.847. The third-order valence-electron chi connectivity index (χ3n) is 2.59. The van der Waals surface area contributed by atoms with Gasteiger partial charge in [0.2, 0.25) is 0 Å². The van der Waals surface area contributed by atoms with Gasteiger partial charge >= 0.3 is 0 Å². The van der Waals surface area contributed by atoms with Gasteiger partial charge in [0.15, 0.2) is 5.82 Å².